The zero-order valence-corrected chi connectivity index (χ0v) is 22.9. The number of nitrogens with zero attached hydrogens (tertiary/aromatic N) is 6. The molecule has 3 heterocycles. The Balaban J connectivity index is 1.75. The van der Waals surface area contributed by atoms with Crippen LogP contribution in [0.5, 0.6) is 5.88 Å². The summed E-state index contributed by atoms with van der Waals surface area (Å²) in [6.07, 6.45) is -1.09. The van der Waals surface area contributed by atoms with Gasteiger partial charge in [-0.2, -0.15) is 18.2 Å². The summed E-state index contributed by atoms with van der Waals surface area (Å²) in [6.45, 7) is 0.924. The number of aromatic nitrogens is 4. The highest BCUT2D eigenvalue weighted by molar-refractivity contribution is 5.95. The molecule has 0 unspecified atom stereocenters. The largest absolute Gasteiger partial charge is 0.466 e. The van der Waals surface area contributed by atoms with E-state index in [9.17, 15) is 18.0 Å². The molecule has 0 saturated heterocycles. The van der Waals surface area contributed by atoms with Crippen molar-refractivity contribution in [1.29, 1.82) is 0 Å². The first-order valence-corrected chi connectivity index (χ1v) is 12.4. The minimum atomic E-state index is -4.59. The summed E-state index contributed by atoms with van der Waals surface area (Å²) in [6, 6.07) is 11.1. The fraction of sp³-hybridized carbons (Fsp3) is 0.333. The molecule has 3 aromatic heterocycles. The molecule has 0 atom stereocenters. The summed E-state index contributed by atoms with van der Waals surface area (Å²) < 4.78 is 46.5. The van der Waals surface area contributed by atoms with Crippen molar-refractivity contribution in [2.45, 2.75) is 13.1 Å². The van der Waals surface area contributed by atoms with Crippen LogP contribution in [0.15, 0.2) is 48.8 Å². The summed E-state index contributed by atoms with van der Waals surface area (Å²) in [5.74, 6) is -0.303. The molecule has 212 valence electrons. The molecule has 0 bridgehead atoms. The molecule has 40 heavy (non-hydrogen) atoms. The quantitative estimate of drug-likeness (QED) is 0.291. The molecule has 0 radical (unpaired) electrons. The van der Waals surface area contributed by atoms with Crippen molar-refractivity contribution >= 4 is 40.0 Å². The molecular formula is C27H31F3N8O2. The van der Waals surface area contributed by atoms with Crippen LogP contribution in [-0.4, -0.2) is 77.3 Å². The Morgan fingerprint density at radius 1 is 1.07 bits per heavy atom. The Bertz CT molecular complexity index is 1500. The third kappa shape index (κ3) is 6.97. The number of amides is 1. The number of rotatable bonds is 10. The fourth-order valence-electron chi connectivity index (χ4n) is 4.10. The van der Waals surface area contributed by atoms with Crippen molar-refractivity contribution in [2.24, 2.45) is 7.05 Å². The lowest BCUT2D eigenvalue weighted by Gasteiger charge is -2.25. The van der Waals surface area contributed by atoms with E-state index in [1.165, 1.54) is 13.0 Å². The first-order chi connectivity index (χ1) is 18.9. The number of likely N-dealkylation sites (N-methyl/N-ethyl adjacent to an activating group) is 2. The predicted molar refractivity (Wildman–Crippen MR) is 149 cm³/mol. The monoisotopic (exact) mass is 556 g/mol. The molecule has 1 amide bonds. The molecule has 0 aliphatic rings. The topological polar surface area (TPSA) is 100 Å². The van der Waals surface area contributed by atoms with Crippen LogP contribution in [0.3, 0.4) is 0 Å². The summed E-state index contributed by atoms with van der Waals surface area (Å²) in [7, 11) is 7.46. The van der Waals surface area contributed by atoms with E-state index in [1.807, 2.05) is 61.1 Å². The van der Waals surface area contributed by atoms with E-state index in [0.29, 0.717) is 24.5 Å². The van der Waals surface area contributed by atoms with Crippen LogP contribution < -0.4 is 20.3 Å². The molecule has 0 aliphatic carbocycles. The second kappa shape index (κ2) is 11.8. The second-order valence-corrected chi connectivity index (χ2v) is 9.58. The minimum Gasteiger partial charge on any atom is -0.466 e. The van der Waals surface area contributed by atoms with Crippen LogP contribution in [-0.2, 0) is 11.8 Å². The van der Waals surface area contributed by atoms with E-state index in [4.69, 9.17) is 4.74 Å². The van der Waals surface area contributed by atoms with Crippen molar-refractivity contribution in [3.63, 3.8) is 0 Å². The van der Waals surface area contributed by atoms with E-state index in [1.54, 1.807) is 24.2 Å². The first kappa shape index (κ1) is 28.6. The SMILES string of the molecule is CC(=O)Nc1cc(Nc2nccc(-c3cn(C)c4ccccc34)n2)c(OCC(F)(F)F)nc1N(C)CCN(C)C. The van der Waals surface area contributed by atoms with Gasteiger partial charge in [-0.05, 0) is 32.3 Å². The van der Waals surface area contributed by atoms with Gasteiger partial charge < -0.3 is 29.7 Å². The van der Waals surface area contributed by atoms with Gasteiger partial charge in [-0.15, -0.1) is 0 Å². The van der Waals surface area contributed by atoms with Gasteiger partial charge >= 0.3 is 6.18 Å². The second-order valence-electron chi connectivity index (χ2n) is 9.58. The van der Waals surface area contributed by atoms with Crippen LogP contribution in [0.1, 0.15) is 6.92 Å². The van der Waals surface area contributed by atoms with E-state index in [-0.39, 0.29) is 29.2 Å². The van der Waals surface area contributed by atoms with Crippen LogP contribution in [0, 0.1) is 0 Å². The maximum Gasteiger partial charge on any atom is 0.422 e. The van der Waals surface area contributed by atoms with Crippen molar-refractivity contribution in [1.82, 2.24) is 24.4 Å². The molecule has 1 aromatic carbocycles. The number of pyridine rings is 1. The Labute approximate surface area is 229 Å². The van der Waals surface area contributed by atoms with Gasteiger partial charge in [-0.1, -0.05) is 18.2 Å². The number of carbonyl (C=O) groups is 1. The number of fused-ring (bicyclic) bond motifs is 1. The molecule has 0 fully saturated rings. The number of alkyl halides is 3. The van der Waals surface area contributed by atoms with Crippen LogP contribution in [0.25, 0.3) is 22.2 Å². The number of hydrogen-bond acceptors (Lipinski definition) is 8. The predicted octanol–water partition coefficient (Wildman–Crippen LogP) is 4.67. The molecule has 13 heteroatoms. The lowest BCUT2D eigenvalue weighted by molar-refractivity contribution is -0.153. The maximum atomic E-state index is 13.1. The Morgan fingerprint density at radius 3 is 2.52 bits per heavy atom. The van der Waals surface area contributed by atoms with Crippen molar-refractivity contribution in [2.75, 3.05) is 56.4 Å². The summed E-state index contributed by atoms with van der Waals surface area (Å²) in [5, 5.41) is 6.64. The summed E-state index contributed by atoms with van der Waals surface area (Å²) in [4.78, 5) is 28.9. The van der Waals surface area contributed by atoms with Gasteiger partial charge in [0.1, 0.15) is 5.69 Å². The van der Waals surface area contributed by atoms with E-state index >= 15 is 0 Å². The number of hydrogen-bond donors (Lipinski definition) is 2. The normalized spacial score (nSPS) is 11.6. The number of anilines is 4. The average molecular weight is 557 g/mol. The molecule has 0 spiro atoms. The number of para-hydroxylation sites is 1. The molecule has 0 saturated carbocycles. The van der Waals surface area contributed by atoms with Crippen molar-refractivity contribution in [3.05, 3.63) is 48.8 Å². The third-order valence-electron chi connectivity index (χ3n) is 5.97. The molecule has 2 N–H and O–H groups in total. The summed E-state index contributed by atoms with van der Waals surface area (Å²) in [5.41, 5.74) is 2.86. The standard InChI is InChI=1S/C27H31F3N8O2/c1-17(39)32-21-14-22(25(40-16-27(28,29)30)35-24(21)37(4)13-12-36(2)3)34-26-31-11-10-20(33-26)19-15-38(5)23-9-7-6-8-18(19)23/h6-11,14-15H,12-13,16H2,1-5H3,(H,32,39)(H,31,33,34). The molecule has 4 aromatic rings. The zero-order chi connectivity index (χ0) is 29.0. The summed E-state index contributed by atoms with van der Waals surface area (Å²) >= 11 is 0. The fourth-order valence-corrected chi connectivity index (χ4v) is 4.10. The Hall–Kier alpha value is -4.39. The van der Waals surface area contributed by atoms with Crippen LogP contribution in [0.2, 0.25) is 0 Å². The smallest absolute Gasteiger partial charge is 0.422 e. The Kier molecular flexibility index (Phi) is 8.43. The highest BCUT2D eigenvalue weighted by atomic mass is 19.4. The zero-order valence-electron chi connectivity index (χ0n) is 22.9. The lowest BCUT2D eigenvalue weighted by atomic mass is 10.1. The molecule has 10 nitrogen and oxygen atoms in total. The van der Waals surface area contributed by atoms with Gasteiger partial charge in [0.05, 0.1) is 11.4 Å². The van der Waals surface area contributed by atoms with Gasteiger partial charge in [-0.25, -0.2) is 9.97 Å². The minimum absolute atomic E-state index is 0.0628. The van der Waals surface area contributed by atoms with Gasteiger partial charge in [0.25, 0.3) is 0 Å². The number of aryl methyl sites for hydroxylation is 1. The highest BCUT2D eigenvalue weighted by Crippen LogP contribution is 2.36. The van der Waals surface area contributed by atoms with Gasteiger partial charge in [0.15, 0.2) is 12.4 Å². The van der Waals surface area contributed by atoms with Gasteiger partial charge in [0.2, 0.25) is 17.7 Å². The molecular weight excluding hydrogens is 525 g/mol. The third-order valence-corrected chi connectivity index (χ3v) is 5.97. The molecule has 0 aliphatic heterocycles. The van der Waals surface area contributed by atoms with Crippen molar-refractivity contribution in [3.8, 4) is 17.1 Å². The van der Waals surface area contributed by atoms with Crippen molar-refractivity contribution < 1.29 is 22.7 Å². The van der Waals surface area contributed by atoms with E-state index in [0.717, 1.165) is 16.5 Å². The Morgan fingerprint density at radius 2 is 1.82 bits per heavy atom. The first-order valence-electron chi connectivity index (χ1n) is 12.4. The number of carbonyl (C=O) groups excluding carboxylic acids is 1. The number of benzene rings is 1. The maximum absolute atomic E-state index is 13.1. The van der Waals surface area contributed by atoms with E-state index in [2.05, 4.69) is 25.6 Å². The molecule has 4 rings (SSSR count). The van der Waals surface area contributed by atoms with E-state index < -0.39 is 12.8 Å². The lowest BCUT2D eigenvalue weighted by Crippen LogP contribution is -2.30. The highest BCUT2D eigenvalue weighted by Gasteiger charge is 2.30. The average Bonchev–Trinajstić information content (AvgIpc) is 3.22. The number of halogens is 3. The van der Waals surface area contributed by atoms with Gasteiger partial charge in [0, 0.05) is 63.0 Å². The number of ether oxygens (including phenoxy) is 1. The van der Waals surface area contributed by atoms with Gasteiger partial charge in [-0.3, -0.25) is 4.79 Å². The number of nitrogens with one attached hydrogen (secondary N) is 2. The van der Waals surface area contributed by atoms with Crippen LogP contribution in [0.4, 0.5) is 36.3 Å². The van der Waals surface area contributed by atoms with Crippen LogP contribution >= 0.6 is 0 Å².